The number of carbonyl (C=O) groups excluding carboxylic acids is 1. The van der Waals surface area contributed by atoms with Crippen molar-refractivity contribution in [1.82, 2.24) is 29.8 Å². The standard InChI is InChI=1S/C18H28N6O2/c1-14(12-24-5-4-19-16(24)3)11-20-18(25)23-8-6-22(7-9-23)13-17-10-15(2)26-21-17/h4-5,10,14H,6-9,11-13H2,1-3H3,(H,20,25). The van der Waals surface area contributed by atoms with Crippen LogP contribution in [0.25, 0.3) is 0 Å². The monoisotopic (exact) mass is 360 g/mol. The molecule has 2 aromatic heterocycles. The third kappa shape index (κ3) is 4.85. The highest BCUT2D eigenvalue weighted by Crippen LogP contribution is 2.09. The van der Waals surface area contributed by atoms with E-state index in [2.05, 4.69) is 31.8 Å². The number of carbonyl (C=O) groups is 1. The van der Waals surface area contributed by atoms with Crippen LogP contribution in [0.1, 0.15) is 24.2 Å². The highest BCUT2D eigenvalue weighted by molar-refractivity contribution is 5.74. The number of urea groups is 1. The van der Waals surface area contributed by atoms with Crippen molar-refractivity contribution in [3.8, 4) is 0 Å². The maximum Gasteiger partial charge on any atom is 0.317 e. The molecule has 0 aliphatic carbocycles. The molecule has 0 radical (unpaired) electrons. The largest absolute Gasteiger partial charge is 0.361 e. The number of hydrogen-bond acceptors (Lipinski definition) is 5. The second-order valence-corrected chi connectivity index (χ2v) is 7.11. The van der Waals surface area contributed by atoms with Crippen LogP contribution < -0.4 is 5.32 Å². The van der Waals surface area contributed by atoms with E-state index in [1.807, 2.05) is 31.0 Å². The third-order valence-corrected chi connectivity index (χ3v) is 4.76. The van der Waals surface area contributed by atoms with E-state index in [-0.39, 0.29) is 6.03 Å². The van der Waals surface area contributed by atoms with Gasteiger partial charge >= 0.3 is 6.03 Å². The van der Waals surface area contributed by atoms with Crippen LogP contribution in [0.2, 0.25) is 0 Å². The Morgan fingerprint density at radius 3 is 2.69 bits per heavy atom. The van der Waals surface area contributed by atoms with Crippen LogP contribution in [-0.4, -0.2) is 63.3 Å². The van der Waals surface area contributed by atoms with Crippen molar-refractivity contribution >= 4 is 6.03 Å². The number of rotatable bonds is 6. The zero-order chi connectivity index (χ0) is 18.5. The summed E-state index contributed by atoms with van der Waals surface area (Å²) in [6.45, 7) is 11.5. The van der Waals surface area contributed by atoms with E-state index < -0.39 is 0 Å². The number of nitrogens with one attached hydrogen (secondary N) is 1. The molecule has 1 aliphatic rings. The maximum atomic E-state index is 12.4. The lowest BCUT2D eigenvalue weighted by Gasteiger charge is -2.34. The molecule has 2 amide bonds. The van der Waals surface area contributed by atoms with E-state index in [1.165, 1.54) is 0 Å². The first kappa shape index (κ1) is 18.4. The van der Waals surface area contributed by atoms with Crippen LogP contribution in [0.15, 0.2) is 23.0 Å². The number of imidazole rings is 1. The zero-order valence-electron chi connectivity index (χ0n) is 15.8. The molecule has 0 spiro atoms. The SMILES string of the molecule is Cc1cc(CN2CCN(C(=O)NCC(C)Cn3ccnc3C)CC2)no1. The van der Waals surface area contributed by atoms with Gasteiger partial charge in [0.05, 0.1) is 5.69 Å². The third-order valence-electron chi connectivity index (χ3n) is 4.76. The Morgan fingerprint density at radius 1 is 1.31 bits per heavy atom. The highest BCUT2D eigenvalue weighted by atomic mass is 16.5. The van der Waals surface area contributed by atoms with Gasteiger partial charge < -0.3 is 19.3 Å². The maximum absolute atomic E-state index is 12.4. The summed E-state index contributed by atoms with van der Waals surface area (Å²) in [5, 5.41) is 7.09. The Bertz CT molecular complexity index is 717. The molecular weight excluding hydrogens is 332 g/mol. The van der Waals surface area contributed by atoms with Gasteiger partial charge in [-0.15, -0.1) is 0 Å². The molecule has 2 aromatic rings. The van der Waals surface area contributed by atoms with Gasteiger partial charge in [0.15, 0.2) is 0 Å². The Hall–Kier alpha value is -2.35. The van der Waals surface area contributed by atoms with Gasteiger partial charge in [-0.1, -0.05) is 12.1 Å². The Kier molecular flexibility index (Phi) is 5.92. The molecule has 3 heterocycles. The number of aromatic nitrogens is 3. The molecule has 0 bridgehead atoms. The van der Waals surface area contributed by atoms with E-state index in [9.17, 15) is 4.79 Å². The molecule has 1 unspecified atom stereocenters. The van der Waals surface area contributed by atoms with E-state index in [0.29, 0.717) is 12.5 Å². The van der Waals surface area contributed by atoms with Crippen LogP contribution in [-0.2, 0) is 13.1 Å². The number of amides is 2. The quantitative estimate of drug-likeness (QED) is 0.847. The molecule has 142 valence electrons. The fraction of sp³-hybridized carbons (Fsp3) is 0.611. The van der Waals surface area contributed by atoms with Gasteiger partial charge in [0.2, 0.25) is 0 Å². The summed E-state index contributed by atoms with van der Waals surface area (Å²) in [5.41, 5.74) is 0.948. The number of piperazine rings is 1. The smallest absolute Gasteiger partial charge is 0.317 e. The Morgan fingerprint density at radius 2 is 2.08 bits per heavy atom. The summed E-state index contributed by atoms with van der Waals surface area (Å²) < 4.78 is 7.22. The lowest BCUT2D eigenvalue weighted by molar-refractivity contribution is 0.132. The molecule has 8 nitrogen and oxygen atoms in total. The van der Waals surface area contributed by atoms with E-state index in [4.69, 9.17) is 4.52 Å². The summed E-state index contributed by atoms with van der Waals surface area (Å²) in [7, 11) is 0. The van der Waals surface area contributed by atoms with Crippen LogP contribution in [0, 0.1) is 19.8 Å². The fourth-order valence-corrected chi connectivity index (χ4v) is 3.20. The molecular formula is C18H28N6O2. The molecule has 0 aromatic carbocycles. The number of nitrogens with zero attached hydrogens (tertiary/aromatic N) is 5. The molecule has 26 heavy (non-hydrogen) atoms. The van der Waals surface area contributed by atoms with Gasteiger partial charge in [-0.2, -0.15) is 0 Å². The van der Waals surface area contributed by atoms with Gasteiger partial charge in [-0.3, -0.25) is 4.90 Å². The second-order valence-electron chi connectivity index (χ2n) is 7.11. The van der Waals surface area contributed by atoms with Crippen LogP contribution in [0.3, 0.4) is 0 Å². The molecule has 1 N–H and O–H groups in total. The average molecular weight is 360 g/mol. The van der Waals surface area contributed by atoms with E-state index >= 15 is 0 Å². The van der Waals surface area contributed by atoms with Gasteiger partial charge in [0, 0.05) is 64.3 Å². The predicted octanol–water partition coefficient (Wildman–Crippen LogP) is 1.65. The first-order valence-corrected chi connectivity index (χ1v) is 9.16. The minimum Gasteiger partial charge on any atom is -0.361 e. The summed E-state index contributed by atoms with van der Waals surface area (Å²) in [5.74, 6) is 2.18. The highest BCUT2D eigenvalue weighted by Gasteiger charge is 2.22. The summed E-state index contributed by atoms with van der Waals surface area (Å²) in [4.78, 5) is 20.8. The van der Waals surface area contributed by atoms with Crippen molar-refractivity contribution in [1.29, 1.82) is 0 Å². The van der Waals surface area contributed by atoms with Gasteiger partial charge in [0.1, 0.15) is 11.6 Å². The first-order chi connectivity index (χ1) is 12.5. The van der Waals surface area contributed by atoms with E-state index in [1.54, 1.807) is 6.20 Å². The minimum atomic E-state index is 0.0242. The Labute approximate surface area is 154 Å². The molecule has 1 saturated heterocycles. The molecule has 0 saturated carbocycles. The Balaban J connectivity index is 1.37. The van der Waals surface area contributed by atoms with Crippen molar-refractivity contribution in [3.63, 3.8) is 0 Å². The lowest BCUT2D eigenvalue weighted by Crippen LogP contribution is -2.52. The summed E-state index contributed by atoms with van der Waals surface area (Å²) in [6, 6.07) is 1.98. The predicted molar refractivity (Wildman–Crippen MR) is 97.6 cm³/mol. The topological polar surface area (TPSA) is 79.4 Å². The van der Waals surface area contributed by atoms with Crippen molar-refractivity contribution in [2.24, 2.45) is 5.92 Å². The number of aryl methyl sites for hydroxylation is 2. The van der Waals surface area contributed by atoms with Crippen LogP contribution >= 0.6 is 0 Å². The summed E-state index contributed by atoms with van der Waals surface area (Å²) in [6.07, 6.45) is 3.78. The molecule has 1 atom stereocenters. The van der Waals surface area contributed by atoms with Crippen LogP contribution in [0.4, 0.5) is 4.79 Å². The average Bonchev–Trinajstić information content (AvgIpc) is 3.22. The van der Waals surface area contributed by atoms with Gasteiger partial charge in [-0.05, 0) is 19.8 Å². The molecule has 3 rings (SSSR count). The van der Waals surface area contributed by atoms with E-state index in [0.717, 1.165) is 56.5 Å². The van der Waals surface area contributed by atoms with Crippen molar-refractivity contribution in [2.75, 3.05) is 32.7 Å². The van der Waals surface area contributed by atoms with Gasteiger partial charge in [0.25, 0.3) is 0 Å². The summed E-state index contributed by atoms with van der Waals surface area (Å²) >= 11 is 0. The lowest BCUT2D eigenvalue weighted by atomic mass is 10.2. The van der Waals surface area contributed by atoms with Crippen molar-refractivity contribution in [3.05, 3.63) is 35.7 Å². The van der Waals surface area contributed by atoms with Crippen molar-refractivity contribution in [2.45, 2.75) is 33.9 Å². The first-order valence-electron chi connectivity index (χ1n) is 9.16. The molecule has 1 aliphatic heterocycles. The van der Waals surface area contributed by atoms with Crippen LogP contribution in [0.5, 0.6) is 0 Å². The molecule has 8 heteroatoms. The normalized spacial score (nSPS) is 16.7. The minimum absolute atomic E-state index is 0.0242. The van der Waals surface area contributed by atoms with Gasteiger partial charge in [-0.25, -0.2) is 9.78 Å². The second kappa shape index (κ2) is 8.35. The molecule has 1 fully saturated rings. The number of hydrogen-bond donors (Lipinski definition) is 1. The fourth-order valence-electron chi connectivity index (χ4n) is 3.20. The zero-order valence-corrected chi connectivity index (χ0v) is 15.8. The van der Waals surface area contributed by atoms with Crippen molar-refractivity contribution < 1.29 is 9.32 Å².